The van der Waals surface area contributed by atoms with Crippen LogP contribution in [0.25, 0.3) is 0 Å². The van der Waals surface area contributed by atoms with Crippen LogP contribution >= 0.6 is 0 Å². The van der Waals surface area contributed by atoms with Crippen LogP contribution in [0.5, 0.6) is 0 Å². The Kier molecular flexibility index (Phi) is 10.1. The summed E-state index contributed by atoms with van der Waals surface area (Å²) in [6, 6.07) is -0.380. The van der Waals surface area contributed by atoms with Gasteiger partial charge in [-0.2, -0.15) is 8.42 Å². The van der Waals surface area contributed by atoms with Crippen LogP contribution in [0.4, 0.5) is 0 Å². The van der Waals surface area contributed by atoms with Gasteiger partial charge in [-0.25, -0.2) is 0 Å². The maximum Gasteiger partial charge on any atom is 0.320 e. The van der Waals surface area contributed by atoms with Crippen molar-refractivity contribution in [3.63, 3.8) is 0 Å². The molecule has 2 N–H and O–H groups in total. The maximum absolute atomic E-state index is 10.1. The molecule has 0 rings (SSSR count). The molecule has 0 heterocycles. The van der Waals surface area contributed by atoms with Crippen molar-refractivity contribution in [3.8, 4) is 0 Å². The molecule has 0 aromatic rings. The van der Waals surface area contributed by atoms with Gasteiger partial charge in [-0.15, -0.1) is 0 Å². The van der Waals surface area contributed by atoms with Crippen molar-refractivity contribution in [1.29, 1.82) is 0 Å². The van der Waals surface area contributed by atoms with E-state index in [1.807, 2.05) is 19.0 Å². The van der Waals surface area contributed by atoms with Crippen molar-refractivity contribution in [1.82, 2.24) is 9.80 Å². The smallest absolute Gasteiger partial charge is 0.320 e. The number of likely N-dealkylation sites (N-methyl/N-ethyl adjacent to an activating group) is 1. The zero-order valence-electron chi connectivity index (χ0n) is 11.6. The van der Waals surface area contributed by atoms with Gasteiger partial charge >= 0.3 is 5.97 Å². The molecule has 0 fully saturated rings. The van der Waals surface area contributed by atoms with Gasteiger partial charge in [-0.3, -0.25) is 14.2 Å². The number of carbonyl (C=O) groups is 1. The third-order valence-corrected chi connectivity index (χ3v) is 2.94. The Morgan fingerprint density at radius 1 is 1.22 bits per heavy atom. The van der Waals surface area contributed by atoms with Crippen LogP contribution in [0.1, 0.15) is 13.3 Å². The minimum absolute atomic E-state index is 0.148. The first-order valence-electron chi connectivity index (χ1n) is 5.46. The normalized spacial score (nSPS) is 13.1. The van der Waals surface area contributed by atoms with E-state index in [1.54, 1.807) is 25.9 Å². The highest BCUT2D eigenvalue weighted by molar-refractivity contribution is 7.85. The second kappa shape index (κ2) is 9.26. The zero-order chi connectivity index (χ0) is 14.9. The minimum atomic E-state index is -3.75. The predicted molar refractivity (Wildman–Crippen MR) is 70.4 cm³/mol. The van der Waals surface area contributed by atoms with Crippen molar-refractivity contribution in [2.75, 3.05) is 40.5 Å². The summed E-state index contributed by atoms with van der Waals surface area (Å²) >= 11 is 0. The Labute approximate surface area is 109 Å². The Morgan fingerprint density at radius 2 is 1.67 bits per heavy atom. The number of carboxylic acid groups (broad SMARTS) is 1. The van der Waals surface area contributed by atoms with Crippen LogP contribution in [-0.4, -0.2) is 80.4 Å². The number of nitrogens with zero attached hydrogens (tertiary/aromatic N) is 2. The second-order valence-electron chi connectivity index (χ2n) is 4.42. The molecule has 110 valence electrons. The van der Waals surface area contributed by atoms with Crippen LogP contribution in [0.3, 0.4) is 0 Å². The summed E-state index contributed by atoms with van der Waals surface area (Å²) in [5.41, 5.74) is 0. The van der Waals surface area contributed by atoms with Gasteiger partial charge in [-0.1, -0.05) is 0 Å². The SMILES string of the molecule is CC(C(=O)O)N(C)C.CN(C)CCCS(=O)(=O)O. The van der Waals surface area contributed by atoms with Crippen LogP contribution in [-0.2, 0) is 14.9 Å². The lowest BCUT2D eigenvalue weighted by atomic mass is 10.3. The van der Waals surface area contributed by atoms with E-state index in [0.717, 1.165) is 0 Å². The molecular weight excluding hydrogens is 260 g/mol. The van der Waals surface area contributed by atoms with Crippen LogP contribution in [0.15, 0.2) is 0 Å². The lowest BCUT2D eigenvalue weighted by molar-refractivity contribution is -0.141. The zero-order valence-corrected chi connectivity index (χ0v) is 12.4. The Bertz CT molecular complexity index is 327. The van der Waals surface area contributed by atoms with Crippen molar-refractivity contribution < 1.29 is 22.9 Å². The van der Waals surface area contributed by atoms with E-state index < -0.39 is 16.1 Å². The van der Waals surface area contributed by atoms with Crippen molar-refractivity contribution >= 4 is 16.1 Å². The third-order valence-electron chi connectivity index (χ3n) is 2.14. The minimum Gasteiger partial charge on any atom is -0.480 e. The van der Waals surface area contributed by atoms with Crippen molar-refractivity contribution in [2.24, 2.45) is 0 Å². The fourth-order valence-electron chi connectivity index (χ4n) is 0.784. The first-order chi connectivity index (χ1) is 7.97. The molecule has 0 saturated carbocycles. The largest absolute Gasteiger partial charge is 0.480 e. The molecule has 0 aromatic carbocycles. The lowest BCUT2D eigenvalue weighted by Crippen LogP contribution is -2.32. The van der Waals surface area contributed by atoms with Crippen LogP contribution < -0.4 is 0 Å². The molecule has 0 aliphatic heterocycles. The Balaban J connectivity index is 0. The molecule has 18 heavy (non-hydrogen) atoms. The number of aliphatic carboxylic acids is 1. The van der Waals surface area contributed by atoms with E-state index in [9.17, 15) is 13.2 Å². The lowest BCUT2D eigenvalue weighted by Gasteiger charge is -2.13. The molecule has 7 nitrogen and oxygen atoms in total. The van der Waals surface area contributed by atoms with Crippen LogP contribution in [0, 0.1) is 0 Å². The van der Waals surface area contributed by atoms with E-state index in [2.05, 4.69) is 0 Å². The standard InChI is InChI=1S/C5H13NO3S.C5H11NO2/c1-6(2)4-3-5-10(7,8)9;1-4(5(7)8)6(2)3/h3-5H2,1-2H3,(H,7,8,9);4H,1-3H3,(H,7,8). The summed E-state index contributed by atoms with van der Waals surface area (Å²) < 4.78 is 28.6. The van der Waals surface area contributed by atoms with Gasteiger partial charge in [0.2, 0.25) is 0 Å². The topological polar surface area (TPSA) is 98.2 Å². The highest BCUT2D eigenvalue weighted by atomic mass is 32.2. The van der Waals surface area contributed by atoms with Gasteiger partial charge in [0.1, 0.15) is 6.04 Å². The highest BCUT2D eigenvalue weighted by Crippen LogP contribution is 1.89. The molecule has 0 saturated heterocycles. The van der Waals surface area contributed by atoms with Crippen molar-refractivity contribution in [3.05, 3.63) is 0 Å². The van der Waals surface area contributed by atoms with Gasteiger partial charge in [0.05, 0.1) is 5.75 Å². The maximum atomic E-state index is 10.1. The summed E-state index contributed by atoms with van der Waals surface area (Å²) in [7, 11) is 3.43. The molecule has 0 radical (unpaired) electrons. The van der Waals surface area contributed by atoms with Gasteiger partial charge < -0.3 is 10.0 Å². The van der Waals surface area contributed by atoms with Gasteiger partial charge in [0.25, 0.3) is 10.1 Å². The third kappa shape index (κ3) is 15.3. The molecule has 0 aliphatic carbocycles. The quantitative estimate of drug-likeness (QED) is 0.654. The molecule has 1 unspecified atom stereocenters. The average Bonchev–Trinajstić information content (AvgIpc) is 2.14. The Morgan fingerprint density at radius 3 is 1.83 bits per heavy atom. The highest BCUT2D eigenvalue weighted by Gasteiger charge is 2.11. The second-order valence-corrected chi connectivity index (χ2v) is 5.99. The average molecular weight is 284 g/mol. The van der Waals surface area contributed by atoms with Gasteiger partial charge in [0.15, 0.2) is 0 Å². The van der Waals surface area contributed by atoms with E-state index in [4.69, 9.17) is 9.66 Å². The van der Waals surface area contributed by atoms with Crippen LogP contribution in [0.2, 0.25) is 0 Å². The van der Waals surface area contributed by atoms with Crippen molar-refractivity contribution in [2.45, 2.75) is 19.4 Å². The molecular formula is C10H24N2O5S. The molecule has 0 bridgehead atoms. The fourth-order valence-corrected chi connectivity index (χ4v) is 1.28. The first kappa shape index (κ1) is 19.6. The summed E-state index contributed by atoms with van der Waals surface area (Å²) in [4.78, 5) is 13.6. The number of carboxylic acids is 1. The molecule has 1 atom stereocenters. The molecule has 0 aromatic heterocycles. The van der Waals surface area contributed by atoms with Gasteiger partial charge in [0, 0.05) is 0 Å². The Hall–Kier alpha value is -0.700. The van der Waals surface area contributed by atoms with Gasteiger partial charge in [-0.05, 0) is 48.1 Å². The van der Waals surface area contributed by atoms with E-state index in [-0.39, 0.29) is 11.8 Å². The summed E-state index contributed by atoms with van der Waals surface area (Å²) in [5.74, 6) is -0.930. The summed E-state index contributed by atoms with van der Waals surface area (Å²) in [5, 5.41) is 8.31. The predicted octanol–water partition coefficient (Wildman–Crippen LogP) is -0.153. The van der Waals surface area contributed by atoms with E-state index in [1.165, 1.54) is 0 Å². The molecule has 8 heteroatoms. The molecule has 0 spiro atoms. The summed E-state index contributed by atoms with van der Waals surface area (Å²) in [6.07, 6.45) is 0.478. The summed E-state index contributed by atoms with van der Waals surface area (Å²) in [6.45, 7) is 2.32. The number of rotatable bonds is 6. The monoisotopic (exact) mass is 284 g/mol. The molecule has 0 aliphatic rings. The van der Waals surface area contributed by atoms with E-state index >= 15 is 0 Å². The number of hydrogen-bond donors (Lipinski definition) is 2. The van der Waals surface area contributed by atoms with E-state index in [0.29, 0.717) is 13.0 Å². The number of hydrogen-bond acceptors (Lipinski definition) is 5. The first-order valence-corrected chi connectivity index (χ1v) is 7.07. The fraction of sp³-hybridized carbons (Fsp3) is 0.900. The molecule has 0 amide bonds.